The van der Waals surface area contributed by atoms with E-state index in [1.807, 2.05) is 25.1 Å². The highest BCUT2D eigenvalue weighted by Gasteiger charge is 2.19. The number of aromatic nitrogens is 1. The molecular formula is C18H15ClN2O3. The van der Waals surface area contributed by atoms with E-state index in [2.05, 4.69) is 10.3 Å². The van der Waals surface area contributed by atoms with Gasteiger partial charge in [0.2, 0.25) is 0 Å². The summed E-state index contributed by atoms with van der Waals surface area (Å²) in [6.45, 7) is 1.84. The zero-order chi connectivity index (χ0) is 17.1. The van der Waals surface area contributed by atoms with Gasteiger partial charge in [-0.1, -0.05) is 29.8 Å². The average molecular weight is 343 g/mol. The molecule has 0 radical (unpaired) electrons. The summed E-state index contributed by atoms with van der Waals surface area (Å²) in [6, 6.07) is 12.6. The van der Waals surface area contributed by atoms with Crippen LogP contribution in [-0.2, 0) is 0 Å². The van der Waals surface area contributed by atoms with Crippen molar-refractivity contribution < 1.29 is 13.9 Å². The molecule has 0 spiro atoms. The van der Waals surface area contributed by atoms with Crippen LogP contribution in [0.5, 0.6) is 5.75 Å². The fourth-order valence-electron chi connectivity index (χ4n) is 2.30. The van der Waals surface area contributed by atoms with Crippen molar-refractivity contribution in [2.24, 2.45) is 0 Å². The Morgan fingerprint density at radius 1 is 1.25 bits per heavy atom. The van der Waals surface area contributed by atoms with E-state index in [1.165, 1.54) is 6.39 Å². The van der Waals surface area contributed by atoms with E-state index in [1.54, 1.807) is 31.4 Å². The number of nitrogens with zero attached hydrogens (tertiary/aromatic N) is 1. The van der Waals surface area contributed by atoms with Gasteiger partial charge in [-0.15, -0.1) is 0 Å². The molecule has 0 aliphatic heterocycles. The quantitative estimate of drug-likeness (QED) is 0.754. The number of methoxy groups -OCH3 is 1. The number of rotatable bonds is 4. The first-order valence-corrected chi connectivity index (χ1v) is 7.62. The molecule has 3 rings (SSSR count). The molecule has 0 unspecified atom stereocenters. The molecule has 122 valence electrons. The van der Waals surface area contributed by atoms with E-state index in [0.29, 0.717) is 27.8 Å². The number of amides is 1. The molecule has 24 heavy (non-hydrogen) atoms. The second-order valence-electron chi connectivity index (χ2n) is 5.13. The summed E-state index contributed by atoms with van der Waals surface area (Å²) in [5.74, 6) is 0.680. The molecule has 5 nitrogen and oxygen atoms in total. The first-order valence-electron chi connectivity index (χ1n) is 7.24. The average Bonchev–Trinajstić information content (AvgIpc) is 3.09. The predicted molar refractivity (Wildman–Crippen MR) is 92.6 cm³/mol. The Labute approximate surface area is 144 Å². The Balaban J connectivity index is 1.92. The van der Waals surface area contributed by atoms with Gasteiger partial charge in [-0.2, -0.15) is 0 Å². The SMILES string of the molecule is COc1cccc(-c2ocnc2C(=O)Nc2cccc(Cl)c2C)c1. The van der Waals surface area contributed by atoms with Crippen LogP contribution in [0.15, 0.2) is 53.3 Å². The smallest absolute Gasteiger partial charge is 0.278 e. The number of carbonyl (C=O) groups excluding carboxylic acids is 1. The van der Waals surface area contributed by atoms with Crippen LogP contribution >= 0.6 is 11.6 Å². The third kappa shape index (κ3) is 3.12. The van der Waals surface area contributed by atoms with Gasteiger partial charge in [-0.05, 0) is 36.8 Å². The molecule has 2 aromatic carbocycles. The molecule has 0 aliphatic carbocycles. The summed E-state index contributed by atoms with van der Waals surface area (Å²) in [6.07, 6.45) is 1.24. The second-order valence-corrected chi connectivity index (χ2v) is 5.54. The summed E-state index contributed by atoms with van der Waals surface area (Å²) < 4.78 is 10.6. The van der Waals surface area contributed by atoms with Crippen molar-refractivity contribution in [1.82, 2.24) is 4.98 Å². The van der Waals surface area contributed by atoms with Crippen LogP contribution in [0.4, 0.5) is 5.69 Å². The molecule has 0 fully saturated rings. The van der Waals surface area contributed by atoms with E-state index < -0.39 is 0 Å². The number of oxazole rings is 1. The third-order valence-corrected chi connectivity index (χ3v) is 4.04. The Morgan fingerprint density at radius 2 is 2.04 bits per heavy atom. The van der Waals surface area contributed by atoms with Crippen molar-refractivity contribution in [3.8, 4) is 17.1 Å². The van der Waals surface area contributed by atoms with Crippen LogP contribution in [0.3, 0.4) is 0 Å². The number of anilines is 1. The van der Waals surface area contributed by atoms with Gasteiger partial charge in [0.25, 0.3) is 5.91 Å². The van der Waals surface area contributed by atoms with Crippen molar-refractivity contribution in [1.29, 1.82) is 0 Å². The van der Waals surface area contributed by atoms with Gasteiger partial charge in [0.05, 0.1) is 7.11 Å². The molecule has 6 heteroatoms. The van der Waals surface area contributed by atoms with E-state index in [0.717, 1.165) is 5.56 Å². The maximum atomic E-state index is 12.6. The van der Waals surface area contributed by atoms with Gasteiger partial charge in [-0.25, -0.2) is 4.98 Å². The van der Waals surface area contributed by atoms with E-state index in [-0.39, 0.29) is 11.6 Å². The number of hydrogen-bond acceptors (Lipinski definition) is 4. The molecule has 0 saturated carbocycles. The largest absolute Gasteiger partial charge is 0.497 e. The van der Waals surface area contributed by atoms with Crippen molar-refractivity contribution in [2.45, 2.75) is 6.92 Å². The van der Waals surface area contributed by atoms with Crippen molar-refractivity contribution in [2.75, 3.05) is 12.4 Å². The fourth-order valence-corrected chi connectivity index (χ4v) is 2.48. The number of hydrogen-bond donors (Lipinski definition) is 1. The van der Waals surface area contributed by atoms with Crippen molar-refractivity contribution in [3.05, 3.63) is 65.1 Å². The lowest BCUT2D eigenvalue weighted by molar-refractivity contribution is 0.102. The lowest BCUT2D eigenvalue weighted by Crippen LogP contribution is -2.14. The summed E-state index contributed by atoms with van der Waals surface area (Å²) in [7, 11) is 1.58. The molecule has 1 heterocycles. The molecule has 0 bridgehead atoms. The molecule has 1 aromatic heterocycles. The molecule has 0 atom stereocenters. The maximum Gasteiger partial charge on any atom is 0.278 e. The highest BCUT2D eigenvalue weighted by Crippen LogP contribution is 2.28. The minimum absolute atomic E-state index is 0.197. The third-order valence-electron chi connectivity index (χ3n) is 3.63. The maximum absolute atomic E-state index is 12.6. The van der Waals surface area contributed by atoms with Gasteiger partial charge in [0, 0.05) is 16.3 Å². The van der Waals surface area contributed by atoms with E-state index in [4.69, 9.17) is 20.8 Å². The van der Waals surface area contributed by atoms with Crippen LogP contribution in [0.2, 0.25) is 5.02 Å². The highest BCUT2D eigenvalue weighted by atomic mass is 35.5. The number of halogens is 1. The summed E-state index contributed by atoms with van der Waals surface area (Å²) >= 11 is 6.08. The molecule has 0 aliphatic rings. The van der Waals surface area contributed by atoms with Crippen molar-refractivity contribution >= 4 is 23.2 Å². The summed E-state index contributed by atoms with van der Waals surface area (Å²) in [5.41, 5.74) is 2.33. The van der Waals surface area contributed by atoms with Gasteiger partial charge >= 0.3 is 0 Å². The minimum Gasteiger partial charge on any atom is -0.497 e. The van der Waals surface area contributed by atoms with E-state index in [9.17, 15) is 4.79 Å². The minimum atomic E-state index is -0.369. The zero-order valence-electron chi connectivity index (χ0n) is 13.2. The van der Waals surface area contributed by atoms with Crippen molar-refractivity contribution in [3.63, 3.8) is 0 Å². The van der Waals surface area contributed by atoms with Crippen LogP contribution < -0.4 is 10.1 Å². The molecule has 1 amide bonds. The second kappa shape index (κ2) is 6.76. The Kier molecular flexibility index (Phi) is 4.53. The van der Waals surface area contributed by atoms with Gasteiger partial charge in [0.15, 0.2) is 17.8 Å². The first-order chi connectivity index (χ1) is 11.6. The van der Waals surface area contributed by atoms with E-state index >= 15 is 0 Å². The first kappa shape index (κ1) is 16.1. The molecule has 3 aromatic rings. The number of ether oxygens (including phenoxy) is 1. The highest BCUT2D eigenvalue weighted by molar-refractivity contribution is 6.31. The standard InChI is InChI=1S/C18H15ClN2O3/c1-11-14(19)7-4-8-15(11)21-18(22)16-17(24-10-20-16)12-5-3-6-13(9-12)23-2/h3-10H,1-2H3,(H,21,22). The fraction of sp³-hybridized carbons (Fsp3) is 0.111. The number of carbonyl (C=O) groups is 1. The zero-order valence-corrected chi connectivity index (χ0v) is 13.9. The van der Waals surface area contributed by atoms with Crippen LogP contribution in [-0.4, -0.2) is 18.0 Å². The van der Waals surface area contributed by atoms with Gasteiger partial charge in [0.1, 0.15) is 5.75 Å². The summed E-state index contributed by atoms with van der Waals surface area (Å²) in [5, 5.41) is 3.40. The Bertz CT molecular complexity index is 889. The lowest BCUT2D eigenvalue weighted by Gasteiger charge is -2.09. The summed E-state index contributed by atoms with van der Waals surface area (Å²) in [4.78, 5) is 16.6. The van der Waals surface area contributed by atoms with Gasteiger partial charge in [-0.3, -0.25) is 4.79 Å². The monoisotopic (exact) mass is 342 g/mol. The molecule has 1 N–H and O–H groups in total. The lowest BCUT2D eigenvalue weighted by atomic mass is 10.1. The normalized spacial score (nSPS) is 10.5. The van der Waals surface area contributed by atoms with Crippen LogP contribution in [0, 0.1) is 6.92 Å². The molecular weight excluding hydrogens is 328 g/mol. The Hall–Kier alpha value is -2.79. The molecule has 0 saturated heterocycles. The number of benzene rings is 2. The number of nitrogens with one attached hydrogen (secondary N) is 1. The topological polar surface area (TPSA) is 64.4 Å². The van der Waals surface area contributed by atoms with Gasteiger partial charge < -0.3 is 14.5 Å². The van der Waals surface area contributed by atoms with Crippen LogP contribution in [0.1, 0.15) is 16.1 Å². The van der Waals surface area contributed by atoms with Crippen LogP contribution in [0.25, 0.3) is 11.3 Å². The predicted octanol–water partition coefficient (Wildman–Crippen LogP) is 4.56. The Morgan fingerprint density at radius 3 is 2.83 bits per heavy atom.